The van der Waals surface area contributed by atoms with Gasteiger partial charge in [-0.3, -0.25) is 14.4 Å². The van der Waals surface area contributed by atoms with Crippen LogP contribution in [0.1, 0.15) is 36.5 Å². The Morgan fingerprint density at radius 1 is 0.935 bits per heavy atom. The number of para-hydroxylation sites is 2. The van der Waals surface area contributed by atoms with Crippen LogP contribution in [0.2, 0.25) is 0 Å². The van der Waals surface area contributed by atoms with Crippen molar-refractivity contribution in [2.45, 2.75) is 26.2 Å². The lowest BCUT2D eigenvalue weighted by atomic mass is 10.1. The number of ketones is 2. The maximum absolute atomic E-state index is 12.2. The molecule has 0 atom stereocenters. The van der Waals surface area contributed by atoms with Crippen LogP contribution in [0, 0.1) is 0 Å². The predicted octanol–water partition coefficient (Wildman–Crippen LogP) is 3.22. The lowest BCUT2D eigenvalue weighted by Gasteiger charge is -2.08. The Morgan fingerprint density at radius 3 is 2.19 bits per heavy atom. The lowest BCUT2D eigenvalue weighted by molar-refractivity contribution is -0.147. The minimum absolute atomic E-state index is 0.0167. The van der Waals surface area contributed by atoms with E-state index in [0.29, 0.717) is 23.7 Å². The van der Waals surface area contributed by atoms with Crippen LogP contribution in [0.3, 0.4) is 0 Å². The molecule has 0 aliphatic carbocycles. The first kappa shape index (κ1) is 21.9. The summed E-state index contributed by atoms with van der Waals surface area (Å²) in [6, 6.07) is 14.2. The fraction of sp³-hybridized carbons (Fsp3) is 0.261. The van der Waals surface area contributed by atoms with Crippen molar-refractivity contribution < 1.29 is 23.9 Å². The Morgan fingerprint density at radius 2 is 1.58 bits per heavy atom. The van der Waals surface area contributed by atoms with Crippen molar-refractivity contribution in [3.63, 3.8) is 0 Å². The van der Waals surface area contributed by atoms with Crippen LogP contribution in [0.4, 0.5) is 11.4 Å². The monoisotopic (exact) mass is 423 g/mol. The van der Waals surface area contributed by atoms with Gasteiger partial charge in [0.1, 0.15) is 17.3 Å². The molecule has 0 bridgehead atoms. The summed E-state index contributed by atoms with van der Waals surface area (Å²) in [5.74, 6) is -0.326. The number of hydrogen-bond donors (Lipinski definition) is 3. The molecule has 3 rings (SSSR count). The smallest absolute Gasteiger partial charge is 0.306 e. The Hall–Kier alpha value is -3.81. The number of carbonyl (C=O) groups is 3. The average molecular weight is 423 g/mol. The van der Waals surface area contributed by atoms with Crippen molar-refractivity contribution in [2.75, 3.05) is 23.8 Å². The van der Waals surface area contributed by atoms with Crippen molar-refractivity contribution in [3.8, 4) is 5.75 Å². The fourth-order valence-corrected chi connectivity index (χ4v) is 2.89. The van der Waals surface area contributed by atoms with Gasteiger partial charge in [-0.05, 0) is 42.8 Å². The van der Waals surface area contributed by atoms with Crippen molar-refractivity contribution in [1.29, 1.82) is 0 Å². The molecule has 0 unspecified atom stereocenters. The van der Waals surface area contributed by atoms with Crippen LogP contribution in [-0.2, 0) is 14.3 Å². The van der Waals surface area contributed by atoms with E-state index in [9.17, 15) is 14.4 Å². The van der Waals surface area contributed by atoms with E-state index in [-0.39, 0.29) is 24.3 Å². The molecule has 0 saturated carbocycles. The van der Waals surface area contributed by atoms with E-state index >= 15 is 0 Å². The van der Waals surface area contributed by atoms with Crippen molar-refractivity contribution in [2.24, 2.45) is 5.73 Å². The first-order chi connectivity index (χ1) is 15.0. The summed E-state index contributed by atoms with van der Waals surface area (Å²) in [4.78, 5) is 36.4. The quantitative estimate of drug-likeness (QED) is 0.303. The van der Waals surface area contributed by atoms with E-state index in [1.54, 1.807) is 24.3 Å². The maximum atomic E-state index is 12.2. The summed E-state index contributed by atoms with van der Waals surface area (Å²) in [6.45, 7) is 2.13. The number of ether oxygens (including phenoxy) is 2. The summed E-state index contributed by atoms with van der Waals surface area (Å²) < 4.78 is 10.5. The summed E-state index contributed by atoms with van der Waals surface area (Å²) in [6.07, 6.45) is 0.754. The summed E-state index contributed by atoms with van der Waals surface area (Å²) in [5, 5.41) is 6.01. The minimum Gasteiger partial charge on any atom is -0.494 e. The van der Waals surface area contributed by atoms with Gasteiger partial charge in [0.25, 0.3) is 0 Å². The number of rotatable bonds is 10. The second-order valence-corrected chi connectivity index (χ2v) is 6.96. The maximum Gasteiger partial charge on any atom is 0.306 e. The number of fused-ring (bicyclic) bond motifs is 1. The molecule has 8 heteroatoms. The Balaban J connectivity index is 1.43. The normalized spacial score (nSPS) is 11.7. The summed E-state index contributed by atoms with van der Waals surface area (Å²) in [5.41, 5.74) is 7.90. The standard InChI is InChI=1S/C23H25N3O5/c1-2-13-30-16-9-7-15(8-10-16)19(27)11-12-21(29)31-14-20(28)22(24)23-25-17-5-3-4-6-18(17)26-23/h3-10,25-26H,2,11-14,24H2,1H3. The third kappa shape index (κ3) is 5.85. The number of carbonyl (C=O) groups excluding carboxylic acids is 3. The highest BCUT2D eigenvalue weighted by molar-refractivity contribution is 6.00. The van der Waals surface area contributed by atoms with Gasteiger partial charge in [-0.1, -0.05) is 19.1 Å². The van der Waals surface area contributed by atoms with Gasteiger partial charge in [0.15, 0.2) is 12.4 Å². The van der Waals surface area contributed by atoms with Crippen molar-refractivity contribution in [1.82, 2.24) is 0 Å². The molecule has 1 heterocycles. The van der Waals surface area contributed by atoms with E-state index in [4.69, 9.17) is 15.2 Å². The largest absolute Gasteiger partial charge is 0.494 e. The van der Waals surface area contributed by atoms with Gasteiger partial charge >= 0.3 is 5.97 Å². The van der Waals surface area contributed by atoms with Crippen LogP contribution in [0.5, 0.6) is 5.75 Å². The SMILES string of the molecule is CCCOc1ccc(C(=O)CCC(=O)OCC(=O)C(N)=C2Nc3ccccc3N2)cc1. The molecule has 1 aliphatic heterocycles. The zero-order valence-electron chi connectivity index (χ0n) is 17.3. The van der Waals surface area contributed by atoms with Crippen LogP contribution >= 0.6 is 0 Å². The topological polar surface area (TPSA) is 120 Å². The number of nitrogens with one attached hydrogen (secondary N) is 2. The minimum atomic E-state index is -0.641. The zero-order chi connectivity index (χ0) is 22.2. The number of anilines is 2. The molecule has 0 saturated heterocycles. The van der Waals surface area contributed by atoms with E-state index in [1.807, 2.05) is 31.2 Å². The Labute approximate surface area is 180 Å². The number of benzene rings is 2. The van der Waals surface area contributed by atoms with Gasteiger partial charge in [-0.15, -0.1) is 0 Å². The molecule has 0 spiro atoms. The first-order valence-corrected chi connectivity index (χ1v) is 10.1. The number of Topliss-reactive ketones (excluding diaryl/α,β-unsaturated/α-hetero) is 2. The summed E-state index contributed by atoms with van der Waals surface area (Å²) in [7, 11) is 0. The van der Waals surface area contributed by atoms with Crippen molar-refractivity contribution in [3.05, 3.63) is 65.6 Å². The molecule has 0 fully saturated rings. The van der Waals surface area contributed by atoms with Gasteiger partial charge in [-0.2, -0.15) is 0 Å². The molecule has 0 amide bonds. The lowest BCUT2D eigenvalue weighted by Crippen LogP contribution is -2.24. The fourth-order valence-electron chi connectivity index (χ4n) is 2.89. The van der Waals surface area contributed by atoms with Gasteiger partial charge in [0, 0.05) is 12.0 Å². The highest BCUT2D eigenvalue weighted by Gasteiger charge is 2.20. The molecule has 162 valence electrons. The first-order valence-electron chi connectivity index (χ1n) is 10.1. The molecule has 0 aromatic heterocycles. The number of nitrogens with two attached hydrogens (primary N) is 1. The second kappa shape index (κ2) is 10.3. The summed E-state index contributed by atoms with van der Waals surface area (Å²) >= 11 is 0. The molecule has 2 aromatic rings. The second-order valence-electron chi connectivity index (χ2n) is 6.96. The van der Waals surface area contributed by atoms with E-state index in [2.05, 4.69) is 10.6 Å². The Kier molecular flexibility index (Phi) is 7.26. The molecule has 2 aromatic carbocycles. The van der Waals surface area contributed by atoms with Crippen LogP contribution in [0.15, 0.2) is 60.0 Å². The molecule has 1 aliphatic rings. The molecular weight excluding hydrogens is 398 g/mol. The third-order valence-corrected chi connectivity index (χ3v) is 4.59. The number of esters is 1. The van der Waals surface area contributed by atoms with E-state index in [0.717, 1.165) is 17.8 Å². The molecule has 0 radical (unpaired) electrons. The molecule has 31 heavy (non-hydrogen) atoms. The highest BCUT2D eigenvalue weighted by atomic mass is 16.5. The van der Waals surface area contributed by atoms with E-state index in [1.165, 1.54) is 0 Å². The number of hydrogen-bond acceptors (Lipinski definition) is 8. The van der Waals surface area contributed by atoms with E-state index < -0.39 is 18.4 Å². The van der Waals surface area contributed by atoms with Crippen molar-refractivity contribution >= 4 is 28.9 Å². The Bertz CT molecular complexity index is 972. The zero-order valence-corrected chi connectivity index (χ0v) is 17.3. The third-order valence-electron chi connectivity index (χ3n) is 4.59. The molecule has 4 N–H and O–H groups in total. The van der Waals surface area contributed by atoms with Gasteiger partial charge < -0.3 is 25.8 Å². The molecule has 8 nitrogen and oxygen atoms in total. The van der Waals surface area contributed by atoms with Crippen LogP contribution in [0.25, 0.3) is 0 Å². The molecular formula is C23H25N3O5. The van der Waals surface area contributed by atoms with Gasteiger partial charge in [0.05, 0.1) is 24.4 Å². The van der Waals surface area contributed by atoms with Gasteiger partial charge in [0.2, 0.25) is 5.78 Å². The highest BCUT2D eigenvalue weighted by Crippen LogP contribution is 2.30. The van der Waals surface area contributed by atoms with Gasteiger partial charge in [-0.25, -0.2) is 0 Å². The predicted molar refractivity (Wildman–Crippen MR) is 117 cm³/mol. The van der Waals surface area contributed by atoms with Crippen LogP contribution in [-0.4, -0.2) is 30.7 Å². The van der Waals surface area contributed by atoms with Crippen LogP contribution < -0.4 is 21.1 Å². The average Bonchev–Trinajstić information content (AvgIpc) is 3.23.